The molecule has 2 unspecified atom stereocenters. The Labute approximate surface area is 284 Å². The molecule has 3 nitrogen and oxygen atoms in total. The molecule has 4 N–H and O–H groups in total. The summed E-state index contributed by atoms with van der Waals surface area (Å²) in [5.41, 5.74) is 20.0. The standard InChI is InChI=1S/C45H41N3/c1-30(26-27-46)32-21-23-34(24-22-32)42(48-44(47)35-10-5-4-6-11-35)25-18-31-16-19-33(20-17-31)38-14-9-15-40-43(38)39-28-36-12-7-8-13-37(36)29-41(39)45(40,2)3/h4-29,42,44,46,48H,47H2,1-3H3/b25-18+,30-26+,46-27?. The Morgan fingerprint density at radius 3 is 2.10 bits per heavy atom. The minimum Gasteiger partial charge on any atom is -0.312 e. The first-order chi connectivity index (χ1) is 23.3. The summed E-state index contributed by atoms with van der Waals surface area (Å²) in [5.74, 6) is 0. The summed E-state index contributed by atoms with van der Waals surface area (Å²) in [4.78, 5) is 0. The predicted molar refractivity (Wildman–Crippen MR) is 204 cm³/mol. The van der Waals surface area contributed by atoms with Crippen LogP contribution in [-0.4, -0.2) is 6.21 Å². The minimum atomic E-state index is -0.327. The van der Waals surface area contributed by atoms with Gasteiger partial charge in [0.2, 0.25) is 0 Å². The Morgan fingerprint density at radius 1 is 0.708 bits per heavy atom. The minimum absolute atomic E-state index is 0.0662. The molecule has 0 saturated heterocycles. The van der Waals surface area contributed by atoms with Crippen molar-refractivity contribution in [1.29, 1.82) is 5.41 Å². The Morgan fingerprint density at radius 2 is 1.40 bits per heavy atom. The van der Waals surface area contributed by atoms with E-state index in [1.807, 2.05) is 43.3 Å². The number of benzene rings is 6. The van der Waals surface area contributed by atoms with E-state index >= 15 is 0 Å². The molecule has 0 spiro atoms. The van der Waals surface area contributed by atoms with E-state index in [4.69, 9.17) is 11.1 Å². The van der Waals surface area contributed by atoms with Crippen molar-refractivity contribution in [3.8, 4) is 22.3 Å². The molecule has 7 rings (SSSR count). The molecule has 0 amide bonds. The van der Waals surface area contributed by atoms with Crippen molar-refractivity contribution in [1.82, 2.24) is 5.32 Å². The molecule has 0 radical (unpaired) electrons. The van der Waals surface area contributed by atoms with Crippen LogP contribution in [0.2, 0.25) is 0 Å². The molecule has 2 atom stereocenters. The summed E-state index contributed by atoms with van der Waals surface area (Å²) in [7, 11) is 0. The van der Waals surface area contributed by atoms with Gasteiger partial charge in [0, 0.05) is 11.6 Å². The zero-order valence-electron chi connectivity index (χ0n) is 27.7. The first-order valence-corrected chi connectivity index (χ1v) is 16.6. The van der Waals surface area contributed by atoms with Crippen LogP contribution in [-0.2, 0) is 5.41 Å². The maximum atomic E-state index is 7.42. The normalized spacial score (nSPS) is 14.9. The van der Waals surface area contributed by atoms with Crippen molar-refractivity contribution in [2.24, 2.45) is 5.73 Å². The lowest BCUT2D eigenvalue weighted by Gasteiger charge is -2.22. The van der Waals surface area contributed by atoms with E-state index in [0.717, 1.165) is 27.8 Å². The van der Waals surface area contributed by atoms with E-state index in [0.29, 0.717) is 0 Å². The van der Waals surface area contributed by atoms with E-state index < -0.39 is 0 Å². The lowest BCUT2D eigenvalue weighted by atomic mass is 9.81. The molecular formula is C45H41N3. The number of rotatable bonds is 9. The smallest absolute Gasteiger partial charge is 0.0817 e. The summed E-state index contributed by atoms with van der Waals surface area (Å²) >= 11 is 0. The largest absolute Gasteiger partial charge is 0.312 e. The van der Waals surface area contributed by atoms with E-state index in [1.165, 1.54) is 50.4 Å². The molecule has 0 heterocycles. The highest BCUT2D eigenvalue weighted by Crippen LogP contribution is 2.53. The Bertz CT molecular complexity index is 2150. The Hall–Kier alpha value is -5.35. The molecule has 6 aromatic rings. The van der Waals surface area contributed by atoms with Gasteiger partial charge in [0.15, 0.2) is 0 Å². The van der Waals surface area contributed by atoms with E-state index in [1.54, 1.807) is 0 Å². The highest BCUT2D eigenvalue weighted by atomic mass is 15.0. The van der Waals surface area contributed by atoms with Gasteiger partial charge in [0.05, 0.1) is 12.2 Å². The number of nitrogens with one attached hydrogen (secondary N) is 2. The van der Waals surface area contributed by atoms with Crippen LogP contribution in [0.1, 0.15) is 66.4 Å². The average molecular weight is 624 g/mol. The molecule has 0 bridgehead atoms. The summed E-state index contributed by atoms with van der Waals surface area (Å²) < 4.78 is 0. The average Bonchev–Trinajstić information content (AvgIpc) is 3.35. The molecular weight excluding hydrogens is 583 g/mol. The van der Waals surface area contributed by atoms with Gasteiger partial charge in [-0.1, -0.05) is 147 Å². The van der Waals surface area contributed by atoms with Crippen LogP contribution in [0.15, 0.2) is 146 Å². The summed E-state index contributed by atoms with van der Waals surface area (Å²) in [6, 6.07) is 47.6. The van der Waals surface area contributed by atoms with Gasteiger partial charge in [0.25, 0.3) is 0 Å². The second-order valence-electron chi connectivity index (χ2n) is 13.3. The van der Waals surface area contributed by atoms with E-state index in [9.17, 15) is 0 Å². The first kappa shape index (κ1) is 31.3. The van der Waals surface area contributed by atoms with Crippen molar-refractivity contribution in [2.75, 3.05) is 0 Å². The van der Waals surface area contributed by atoms with Gasteiger partial charge in [-0.25, -0.2) is 0 Å². The molecule has 0 aromatic heterocycles. The molecule has 3 heteroatoms. The molecule has 48 heavy (non-hydrogen) atoms. The molecule has 1 aliphatic carbocycles. The van der Waals surface area contributed by atoms with Crippen LogP contribution >= 0.6 is 0 Å². The topological polar surface area (TPSA) is 61.9 Å². The predicted octanol–water partition coefficient (Wildman–Crippen LogP) is 10.9. The number of hydrogen-bond acceptors (Lipinski definition) is 3. The molecule has 236 valence electrons. The zero-order valence-corrected chi connectivity index (χ0v) is 27.7. The van der Waals surface area contributed by atoms with Crippen molar-refractivity contribution in [3.05, 3.63) is 179 Å². The maximum Gasteiger partial charge on any atom is 0.0817 e. The van der Waals surface area contributed by atoms with Crippen LogP contribution in [0.3, 0.4) is 0 Å². The van der Waals surface area contributed by atoms with Crippen LogP contribution in [0.4, 0.5) is 0 Å². The van der Waals surface area contributed by atoms with Crippen molar-refractivity contribution in [3.63, 3.8) is 0 Å². The van der Waals surface area contributed by atoms with Crippen LogP contribution in [0.5, 0.6) is 0 Å². The van der Waals surface area contributed by atoms with Crippen LogP contribution < -0.4 is 11.1 Å². The van der Waals surface area contributed by atoms with Crippen LogP contribution in [0.25, 0.3) is 44.7 Å². The zero-order chi connectivity index (χ0) is 33.3. The van der Waals surface area contributed by atoms with Crippen molar-refractivity contribution in [2.45, 2.75) is 38.4 Å². The molecule has 0 saturated carbocycles. The molecule has 0 aliphatic heterocycles. The lowest BCUT2D eigenvalue weighted by molar-refractivity contribution is 0.509. The lowest BCUT2D eigenvalue weighted by Crippen LogP contribution is -2.31. The highest BCUT2D eigenvalue weighted by molar-refractivity contribution is 5.98. The Balaban J connectivity index is 1.20. The maximum absolute atomic E-state index is 7.42. The fourth-order valence-corrected chi connectivity index (χ4v) is 7.08. The number of hydrogen-bond donors (Lipinski definition) is 3. The second kappa shape index (κ2) is 13.0. The van der Waals surface area contributed by atoms with Gasteiger partial charge in [-0.3, -0.25) is 5.32 Å². The van der Waals surface area contributed by atoms with Gasteiger partial charge in [-0.05, 0) is 97.1 Å². The summed E-state index contributed by atoms with van der Waals surface area (Å²) in [6.45, 7) is 6.72. The van der Waals surface area contributed by atoms with Gasteiger partial charge >= 0.3 is 0 Å². The fraction of sp³-hybridized carbons (Fsp3) is 0.133. The monoisotopic (exact) mass is 623 g/mol. The SMILES string of the molecule is C/C(=C\C=N)c1ccc(C(/C=C/c2ccc(-c3cccc4c3-c3cc5ccccc5cc3C4(C)C)cc2)NC(N)c2ccccc2)cc1. The number of allylic oxidation sites excluding steroid dienone is 2. The summed E-state index contributed by atoms with van der Waals surface area (Å²) in [5, 5.41) is 13.6. The van der Waals surface area contributed by atoms with Gasteiger partial charge < -0.3 is 11.1 Å². The van der Waals surface area contributed by atoms with E-state index in [-0.39, 0.29) is 17.6 Å². The van der Waals surface area contributed by atoms with Gasteiger partial charge in [-0.15, -0.1) is 0 Å². The third-order valence-electron chi connectivity index (χ3n) is 9.85. The quantitative estimate of drug-likeness (QED) is 0.111. The molecule has 1 aliphatic rings. The third kappa shape index (κ3) is 5.95. The Kier molecular flexibility index (Phi) is 8.49. The summed E-state index contributed by atoms with van der Waals surface area (Å²) in [6.07, 6.45) is 7.18. The van der Waals surface area contributed by atoms with Gasteiger partial charge in [0.1, 0.15) is 0 Å². The number of nitrogens with two attached hydrogens (primary N) is 1. The second-order valence-corrected chi connectivity index (χ2v) is 13.3. The first-order valence-electron chi connectivity index (χ1n) is 16.6. The van der Waals surface area contributed by atoms with Crippen LogP contribution in [0, 0.1) is 5.41 Å². The molecule has 0 fully saturated rings. The fourth-order valence-electron chi connectivity index (χ4n) is 7.08. The molecule has 6 aromatic carbocycles. The van der Waals surface area contributed by atoms with Gasteiger partial charge in [-0.2, -0.15) is 0 Å². The van der Waals surface area contributed by atoms with E-state index in [2.05, 4.69) is 134 Å². The van der Waals surface area contributed by atoms with Crippen molar-refractivity contribution >= 4 is 28.6 Å². The van der Waals surface area contributed by atoms with Crippen molar-refractivity contribution < 1.29 is 0 Å². The third-order valence-corrected chi connectivity index (χ3v) is 9.85. The number of fused-ring (bicyclic) bond motifs is 4. The highest BCUT2D eigenvalue weighted by Gasteiger charge is 2.37.